The van der Waals surface area contributed by atoms with Crippen molar-refractivity contribution in [2.45, 2.75) is 4.90 Å². The molecule has 0 fully saturated rings. The number of fused-ring (bicyclic) bond motifs is 7. The molecular weight excluding hydrogens is 822 g/mol. The summed E-state index contributed by atoms with van der Waals surface area (Å²) in [6.07, 6.45) is 0. The Kier molecular flexibility index (Phi) is 8.93. The fourth-order valence-corrected chi connectivity index (χ4v) is 17.2. The molecule has 2 aliphatic heterocycles. The highest BCUT2D eigenvalue weighted by Crippen LogP contribution is 2.45. The van der Waals surface area contributed by atoms with Crippen LogP contribution in [-0.2, 0) is 0 Å². The highest BCUT2D eigenvalue weighted by Gasteiger charge is 2.44. The molecule has 11 aromatic rings. The second-order valence-electron chi connectivity index (χ2n) is 17.1. The minimum Gasteiger partial charge on any atom is -0.458 e. The Hall–Kier alpha value is -7.57. The van der Waals surface area contributed by atoms with Gasteiger partial charge in [-0.1, -0.05) is 194 Å². The first-order valence-corrected chi connectivity index (χ1v) is 25.2. The molecule has 5 heteroatoms. The molecule has 1 aromatic heterocycles. The van der Waals surface area contributed by atoms with Crippen molar-refractivity contribution >= 4 is 79.2 Å². The number of aromatic nitrogens is 1. The van der Waals surface area contributed by atoms with Gasteiger partial charge in [0.05, 0.1) is 11.0 Å². The van der Waals surface area contributed by atoms with E-state index in [1.54, 1.807) is 0 Å². The lowest BCUT2D eigenvalue weighted by Crippen LogP contribution is -2.75. The van der Waals surface area contributed by atoms with Crippen molar-refractivity contribution < 1.29 is 4.74 Å². The van der Waals surface area contributed by atoms with Crippen molar-refractivity contribution in [1.29, 1.82) is 0 Å². The first-order valence-electron chi connectivity index (χ1n) is 22.4. The van der Waals surface area contributed by atoms with Crippen molar-refractivity contribution in [1.82, 2.24) is 4.57 Å². The second-order valence-corrected chi connectivity index (χ2v) is 22.0. The molecule has 0 spiro atoms. The summed E-state index contributed by atoms with van der Waals surface area (Å²) in [5.41, 5.74) is 13.3. The first-order chi connectivity index (χ1) is 32.2. The van der Waals surface area contributed by atoms with Crippen molar-refractivity contribution in [2.24, 2.45) is 0 Å². The third-order valence-corrected chi connectivity index (χ3v) is 19.8. The summed E-state index contributed by atoms with van der Waals surface area (Å²) >= 11 is 1.94. The Morgan fingerprint density at radius 2 is 0.969 bits per heavy atom. The number of rotatable bonds is 7. The van der Waals surface area contributed by atoms with E-state index in [1.165, 1.54) is 86.2 Å². The molecule has 13 rings (SSSR count). The molecule has 0 amide bonds. The van der Waals surface area contributed by atoms with Gasteiger partial charge >= 0.3 is 0 Å². The molecule has 0 bridgehead atoms. The standard InChI is InChI=1S/C60H40BNOSSi/c1-4-21-45(22-5-1)65(46-23-6-2-7-24-46,47-25-8-3-9-26-47)59-34-17-13-27-48(59)43-38-52-51-30-12-16-33-58(51)64-61-53-39-42(35-36-56(53)63-57(40-43)60(52)61)41-19-18-20-44(37-41)62-54-31-14-10-28-49(54)50-29-11-15-32-55(50)62/h1-40H. The molecule has 3 heterocycles. The average molecular weight is 862 g/mol. The van der Waals surface area contributed by atoms with E-state index < -0.39 is 8.07 Å². The molecule has 0 saturated heterocycles. The van der Waals surface area contributed by atoms with Crippen molar-refractivity contribution in [3.63, 3.8) is 0 Å². The fourth-order valence-electron chi connectivity index (χ4n) is 10.8. The SMILES string of the molecule is c1ccc([Si](c2ccccc2)(c2ccccc2)c2ccccc2-c2cc3c4c(c2)-c2ccccc2SB4c2cc(-c4cccc(-n5c6ccccc6c6ccccc65)c4)ccc2O3)cc1. The molecular formula is C60H40BNOSSi. The Morgan fingerprint density at radius 1 is 0.400 bits per heavy atom. The maximum atomic E-state index is 7.14. The van der Waals surface area contributed by atoms with Crippen LogP contribution in [0.3, 0.4) is 0 Å². The molecule has 65 heavy (non-hydrogen) atoms. The fraction of sp³-hybridized carbons (Fsp3) is 0. The molecule has 0 radical (unpaired) electrons. The minimum atomic E-state index is -2.85. The quantitative estimate of drug-likeness (QED) is 0.117. The molecule has 2 nitrogen and oxygen atoms in total. The van der Waals surface area contributed by atoms with Gasteiger partial charge in [-0.3, -0.25) is 0 Å². The van der Waals surface area contributed by atoms with Crippen LogP contribution in [0.1, 0.15) is 0 Å². The van der Waals surface area contributed by atoms with Crippen LogP contribution < -0.4 is 36.4 Å². The molecule has 2 aliphatic rings. The van der Waals surface area contributed by atoms with Crippen LogP contribution in [0.4, 0.5) is 0 Å². The maximum Gasteiger partial charge on any atom is 0.289 e. The van der Waals surface area contributed by atoms with E-state index in [9.17, 15) is 0 Å². The second kappa shape index (κ2) is 15.3. The molecule has 0 unspecified atom stereocenters. The number of hydrogen-bond acceptors (Lipinski definition) is 2. The van der Waals surface area contributed by atoms with Crippen LogP contribution in [0, 0.1) is 0 Å². The molecule has 10 aromatic carbocycles. The van der Waals surface area contributed by atoms with E-state index in [0.717, 1.165) is 22.7 Å². The van der Waals surface area contributed by atoms with Gasteiger partial charge in [-0.2, -0.15) is 11.6 Å². The Morgan fingerprint density at radius 3 is 1.65 bits per heavy atom. The normalized spacial score (nSPS) is 12.6. The van der Waals surface area contributed by atoms with Gasteiger partial charge in [0.2, 0.25) is 0 Å². The third kappa shape index (κ3) is 5.96. The van der Waals surface area contributed by atoms with Gasteiger partial charge in [-0.15, -0.1) is 0 Å². The highest BCUT2D eigenvalue weighted by atomic mass is 32.2. The predicted molar refractivity (Wildman–Crippen MR) is 278 cm³/mol. The van der Waals surface area contributed by atoms with Crippen LogP contribution in [0.2, 0.25) is 0 Å². The van der Waals surface area contributed by atoms with Crippen molar-refractivity contribution in [2.75, 3.05) is 0 Å². The topological polar surface area (TPSA) is 14.2 Å². The summed E-state index contributed by atoms with van der Waals surface area (Å²) in [5, 5.41) is 7.95. The summed E-state index contributed by atoms with van der Waals surface area (Å²) in [4.78, 5) is 1.29. The molecule has 0 N–H and O–H groups in total. The van der Waals surface area contributed by atoms with Gasteiger partial charge in [-0.25, -0.2) is 0 Å². The number of para-hydroxylation sites is 2. The molecule has 0 atom stereocenters. The van der Waals surface area contributed by atoms with E-state index in [4.69, 9.17) is 4.74 Å². The van der Waals surface area contributed by atoms with Gasteiger partial charge in [0, 0.05) is 21.4 Å². The van der Waals surface area contributed by atoms with E-state index in [-0.39, 0.29) is 5.99 Å². The van der Waals surface area contributed by atoms with Gasteiger partial charge in [-0.05, 0) is 114 Å². The monoisotopic (exact) mass is 861 g/mol. The van der Waals surface area contributed by atoms with E-state index >= 15 is 0 Å². The van der Waals surface area contributed by atoms with E-state index in [0.29, 0.717) is 0 Å². The Labute approximate surface area is 384 Å². The zero-order chi connectivity index (χ0) is 42.9. The summed E-state index contributed by atoms with van der Waals surface area (Å²) in [5.74, 6) is 1.91. The summed E-state index contributed by atoms with van der Waals surface area (Å²) < 4.78 is 9.54. The minimum absolute atomic E-state index is 0.0647. The first kappa shape index (κ1) is 37.9. The maximum absolute atomic E-state index is 7.14. The lowest BCUT2D eigenvalue weighted by molar-refractivity contribution is 0.488. The third-order valence-electron chi connectivity index (χ3n) is 13.6. The van der Waals surface area contributed by atoms with Crippen LogP contribution >= 0.6 is 11.6 Å². The lowest BCUT2D eigenvalue weighted by Gasteiger charge is -2.36. The zero-order valence-electron chi connectivity index (χ0n) is 35.4. The van der Waals surface area contributed by atoms with Crippen LogP contribution in [0.5, 0.6) is 11.5 Å². The highest BCUT2D eigenvalue weighted by molar-refractivity contribution is 8.28. The molecule has 0 aliphatic carbocycles. The van der Waals surface area contributed by atoms with Gasteiger partial charge < -0.3 is 9.30 Å². The average Bonchev–Trinajstić information content (AvgIpc) is 3.72. The van der Waals surface area contributed by atoms with Gasteiger partial charge in [0.1, 0.15) is 11.5 Å². The summed E-state index contributed by atoms with van der Waals surface area (Å²) in [6.45, 7) is 0. The molecule has 0 saturated carbocycles. The van der Waals surface area contributed by atoms with Crippen molar-refractivity contribution in [3.8, 4) is 50.6 Å². The smallest absolute Gasteiger partial charge is 0.289 e. The lowest BCUT2D eigenvalue weighted by atomic mass is 9.57. The van der Waals surface area contributed by atoms with E-state index in [2.05, 4.69) is 247 Å². The van der Waals surface area contributed by atoms with E-state index in [1.807, 2.05) is 11.6 Å². The Bertz CT molecular complexity index is 3480. The Balaban J connectivity index is 0.972. The number of benzene rings is 10. The predicted octanol–water partition coefficient (Wildman–Crippen LogP) is 11.5. The van der Waals surface area contributed by atoms with Gasteiger partial charge in [0.25, 0.3) is 5.99 Å². The largest absolute Gasteiger partial charge is 0.458 e. The van der Waals surface area contributed by atoms with Crippen LogP contribution in [-0.4, -0.2) is 18.6 Å². The molecule has 304 valence electrons. The van der Waals surface area contributed by atoms with Gasteiger partial charge in [0.15, 0.2) is 8.07 Å². The van der Waals surface area contributed by atoms with Crippen LogP contribution in [0.25, 0.3) is 60.9 Å². The number of ether oxygens (including phenoxy) is 1. The summed E-state index contributed by atoms with van der Waals surface area (Å²) in [7, 11) is -2.85. The zero-order valence-corrected chi connectivity index (χ0v) is 37.3. The number of hydrogen-bond donors (Lipinski definition) is 0. The summed E-state index contributed by atoms with van der Waals surface area (Å²) in [6, 6.07) is 89.7. The number of nitrogens with zero attached hydrogens (tertiary/aromatic N) is 1. The van der Waals surface area contributed by atoms with Crippen LogP contribution in [0.15, 0.2) is 248 Å². The van der Waals surface area contributed by atoms with Crippen molar-refractivity contribution in [3.05, 3.63) is 243 Å².